The molecule has 7 nitrogen and oxygen atoms in total. The molecule has 170 valence electrons. The highest BCUT2D eigenvalue weighted by Crippen LogP contribution is 2.40. The molecule has 0 saturated carbocycles. The van der Waals surface area contributed by atoms with E-state index in [-0.39, 0.29) is 17.9 Å². The predicted molar refractivity (Wildman–Crippen MR) is 124 cm³/mol. The Bertz CT molecular complexity index is 1160. The molecule has 0 aliphatic carbocycles. The highest BCUT2D eigenvalue weighted by molar-refractivity contribution is 6.15. The predicted octanol–water partition coefficient (Wildman–Crippen LogP) is 4.52. The van der Waals surface area contributed by atoms with E-state index in [2.05, 4.69) is 0 Å². The SMILES string of the molecule is CCOc1ccc(CN2C(=O)C(O)=C(C(=O)c3ccco3)C2c2ccc(N(C)C)cc2)cc1. The van der Waals surface area contributed by atoms with E-state index in [1.54, 1.807) is 6.07 Å². The van der Waals surface area contributed by atoms with Gasteiger partial charge in [-0.05, 0) is 54.4 Å². The van der Waals surface area contributed by atoms with Gasteiger partial charge in [0.25, 0.3) is 5.91 Å². The van der Waals surface area contributed by atoms with Crippen molar-refractivity contribution in [3.63, 3.8) is 0 Å². The molecule has 0 fully saturated rings. The van der Waals surface area contributed by atoms with Crippen LogP contribution in [0.15, 0.2) is 82.7 Å². The van der Waals surface area contributed by atoms with Gasteiger partial charge in [0, 0.05) is 26.3 Å². The van der Waals surface area contributed by atoms with Crippen molar-refractivity contribution < 1.29 is 23.8 Å². The van der Waals surface area contributed by atoms with Crippen LogP contribution in [-0.2, 0) is 11.3 Å². The van der Waals surface area contributed by atoms with Crippen LogP contribution in [0, 0.1) is 0 Å². The van der Waals surface area contributed by atoms with E-state index in [0.29, 0.717) is 6.61 Å². The minimum absolute atomic E-state index is 0.0125. The average Bonchev–Trinajstić information content (AvgIpc) is 3.44. The molecule has 1 N–H and O–H groups in total. The van der Waals surface area contributed by atoms with Crippen LogP contribution in [-0.4, -0.2) is 42.4 Å². The Hall–Kier alpha value is -4.00. The molecule has 1 aliphatic rings. The first-order chi connectivity index (χ1) is 15.9. The van der Waals surface area contributed by atoms with Gasteiger partial charge in [0.05, 0.1) is 24.5 Å². The fourth-order valence-corrected chi connectivity index (χ4v) is 3.94. The van der Waals surface area contributed by atoms with E-state index in [4.69, 9.17) is 9.15 Å². The summed E-state index contributed by atoms with van der Waals surface area (Å²) < 4.78 is 10.8. The number of Topliss-reactive ketones (excluding diaryl/α,β-unsaturated/α-hetero) is 1. The molecule has 1 aliphatic heterocycles. The van der Waals surface area contributed by atoms with E-state index in [9.17, 15) is 14.7 Å². The van der Waals surface area contributed by atoms with Crippen molar-refractivity contribution in [1.29, 1.82) is 0 Å². The highest BCUT2D eigenvalue weighted by atomic mass is 16.5. The molecular formula is C26H26N2O5. The minimum atomic E-state index is -0.752. The standard InChI is InChI=1S/C26H26N2O5/c1-4-32-20-13-7-17(8-14-20)16-28-23(18-9-11-19(12-10-18)27(2)3)22(25(30)26(28)31)24(29)21-6-5-15-33-21/h5-15,23,30H,4,16H2,1-3H3. The maximum Gasteiger partial charge on any atom is 0.290 e. The Kier molecular flexibility index (Phi) is 6.22. The number of aliphatic hydroxyl groups excluding tert-OH is 1. The molecule has 0 saturated heterocycles. The zero-order valence-electron chi connectivity index (χ0n) is 18.8. The molecule has 33 heavy (non-hydrogen) atoms. The third-order valence-corrected chi connectivity index (χ3v) is 5.61. The number of anilines is 1. The average molecular weight is 447 g/mol. The number of amides is 1. The van der Waals surface area contributed by atoms with Crippen LogP contribution in [0.5, 0.6) is 5.75 Å². The molecule has 1 unspecified atom stereocenters. The second kappa shape index (κ2) is 9.24. The van der Waals surface area contributed by atoms with Crippen molar-refractivity contribution in [2.45, 2.75) is 19.5 Å². The number of nitrogens with zero attached hydrogens (tertiary/aromatic N) is 2. The molecule has 7 heteroatoms. The summed E-state index contributed by atoms with van der Waals surface area (Å²) in [5.41, 5.74) is 2.56. The number of hydrogen-bond donors (Lipinski definition) is 1. The normalized spacial score (nSPS) is 15.8. The number of benzene rings is 2. The fraction of sp³-hybridized carbons (Fsp3) is 0.231. The van der Waals surface area contributed by atoms with Crippen molar-refractivity contribution in [2.75, 3.05) is 25.6 Å². The summed E-state index contributed by atoms with van der Waals surface area (Å²) in [6.07, 6.45) is 1.39. The molecule has 0 radical (unpaired) electrons. The molecule has 1 amide bonds. The van der Waals surface area contributed by atoms with E-state index in [1.165, 1.54) is 17.2 Å². The third-order valence-electron chi connectivity index (χ3n) is 5.61. The van der Waals surface area contributed by atoms with E-state index >= 15 is 0 Å². The van der Waals surface area contributed by atoms with Gasteiger partial charge in [-0.1, -0.05) is 24.3 Å². The lowest BCUT2D eigenvalue weighted by Crippen LogP contribution is -2.30. The van der Waals surface area contributed by atoms with Crippen LogP contribution in [0.2, 0.25) is 0 Å². The maximum atomic E-state index is 13.2. The lowest BCUT2D eigenvalue weighted by atomic mass is 9.94. The Morgan fingerprint density at radius 3 is 2.36 bits per heavy atom. The van der Waals surface area contributed by atoms with Gasteiger partial charge in [-0.3, -0.25) is 9.59 Å². The number of rotatable bonds is 8. The van der Waals surface area contributed by atoms with Crippen molar-refractivity contribution in [3.05, 3.63) is 95.1 Å². The highest BCUT2D eigenvalue weighted by Gasteiger charge is 2.44. The molecule has 0 bridgehead atoms. The van der Waals surface area contributed by atoms with Crippen LogP contribution in [0.3, 0.4) is 0 Å². The Balaban J connectivity index is 1.73. The zero-order valence-corrected chi connectivity index (χ0v) is 18.8. The quantitative estimate of drug-likeness (QED) is 0.512. The van der Waals surface area contributed by atoms with Gasteiger partial charge in [0.2, 0.25) is 5.78 Å². The fourth-order valence-electron chi connectivity index (χ4n) is 3.94. The monoisotopic (exact) mass is 446 g/mol. The largest absolute Gasteiger partial charge is 0.503 e. The van der Waals surface area contributed by atoms with Gasteiger partial charge >= 0.3 is 0 Å². The molecule has 1 atom stereocenters. The molecule has 2 heterocycles. The first-order valence-corrected chi connectivity index (χ1v) is 10.7. The first kappa shape index (κ1) is 22.2. The van der Waals surface area contributed by atoms with Crippen molar-refractivity contribution in [2.24, 2.45) is 0 Å². The minimum Gasteiger partial charge on any atom is -0.503 e. The van der Waals surface area contributed by atoms with Crippen LogP contribution in [0.1, 0.15) is 34.6 Å². The van der Waals surface area contributed by atoms with Crippen molar-refractivity contribution in [1.82, 2.24) is 4.90 Å². The number of furan rings is 1. The van der Waals surface area contributed by atoms with Gasteiger partial charge in [0.15, 0.2) is 11.5 Å². The summed E-state index contributed by atoms with van der Waals surface area (Å²) in [7, 11) is 3.87. The topological polar surface area (TPSA) is 83.2 Å². The molecule has 2 aromatic carbocycles. The van der Waals surface area contributed by atoms with Crippen molar-refractivity contribution in [3.8, 4) is 5.75 Å². The number of carbonyl (C=O) groups is 2. The molecule has 3 aromatic rings. The van der Waals surface area contributed by atoms with Gasteiger partial charge < -0.3 is 24.1 Å². The van der Waals surface area contributed by atoms with Gasteiger partial charge in [-0.2, -0.15) is 0 Å². The smallest absolute Gasteiger partial charge is 0.290 e. The number of carbonyl (C=O) groups excluding carboxylic acids is 2. The van der Waals surface area contributed by atoms with E-state index in [1.807, 2.05) is 74.4 Å². The summed E-state index contributed by atoms with van der Waals surface area (Å²) in [6, 6.07) is 17.3. The van der Waals surface area contributed by atoms with Gasteiger partial charge in [-0.25, -0.2) is 0 Å². The second-order valence-corrected chi connectivity index (χ2v) is 7.97. The molecule has 4 rings (SSSR count). The lowest BCUT2D eigenvalue weighted by molar-refractivity contribution is -0.130. The second-order valence-electron chi connectivity index (χ2n) is 7.97. The van der Waals surface area contributed by atoms with Gasteiger partial charge in [0.1, 0.15) is 5.75 Å². The number of aliphatic hydroxyl groups is 1. The van der Waals surface area contributed by atoms with Crippen LogP contribution in [0.4, 0.5) is 5.69 Å². The Morgan fingerprint density at radius 2 is 1.79 bits per heavy atom. The molecular weight excluding hydrogens is 420 g/mol. The third kappa shape index (κ3) is 4.35. The summed E-state index contributed by atoms with van der Waals surface area (Å²) in [5, 5.41) is 10.8. The first-order valence-electron chi connectivity index (χ1n) is 10.7. The number of ketones is 1. The van der Waals surface area contributed by atoms with E-state index < -0.39 is 23.5 Å². The zero-order chi connectivity index (χ0) is 23.5. The van der Waals surface area contributed by atoms with Crippen molar-refractivity contribution >= 4 is 17.4 Å². The molecule has 0 spiro atoms. The van der Waals surface area contributed by atoms with Crippen LogP contribution < -0.4 is 9.64 Å². The lowest BCUT2D eigenvalue weighted by Gasteiger charge is -2.27. The number of hydrogen-bond acceptors (Lipinski definition) is 6. The summed E-state index contributed by atoms with van der Waals surface area (Å²) in [4.78, 5) is 29.8. The van der Waals surface area contributed by atoms with Gasteiger partial charge in [-0.15, -0.1) is 0 Å². The summed E-state index contributed by atoms with van der Waals surface area (Å²) in [6.45, 7) is 2.68. The van der Waals surface area contributed by atoms with E-state index in [0.717, 1.165) is 22.6 Å². The van der Waals surface area contributed by atoms with Crippen LogP contribution >= 0.6 is 0 Å². The Morgan fingerprint density at radius 1 is 1.09 bits per heavy atom. The summed E-state index contributed by atoms with van der Waals surface area (Å²) in [5.74, 6) is -0.854. The number of ether oxygens (including phenoxy) is 1. The summed E-state index contributed by atoms with van der Waals surface area (Å²) >= 11 is 0. The Labute approximate surface area is 192 Å². The maximum absolute atomic E-state index is 13.2. The molecule has 1 aromatic heterocycles. The van der Waals surface area contributed by atoms with Crippen LogP contribution in [0.25, 0.3) is 0 Å².